The van der Waals surface area contributed by atoms with E-state index in [2.05, 4.69) is 15.9 Å². The van der Waals surface area contributed by atoms with Gasteiger partial charge in [0.15, 0.2) is 12.2 Å². The molecule has 182 valence electrons. The Labute approximate surface area is 203 Å². The number of esters is 4. The van der Waals surface area contributed by atoms with Gasteiger partial charge in [-0.25, -0.2) is 0 Å². The fourth-order valence-electron chi connectivity index (χ4n) is 3.30. The molecule has 0 N–H and O–H groups in total. The Morgan fingerprint density at radius 3 is 2.21 bits per heavy atom. The van der Waals surface area contributed by atoms with Crippen LogP contribution in [0.15, 0.2) is 22.7 Å². The minimum atomic E-state index is -1.80. The van der Waals surface area contributed by atoms with Gasteiger partial charge in [-0.2, -0.15) is 0 Å². The number of hydrogen-bond acceptors (Lipinski definition) is 10. The van der Waals surface area contributed by atoms with Gasteiger partial charge in [0.2, 0.25) is 11.9 Å². The van der Waals surface area contributed by atoms with Gasteiger partial charge in [0.25, 0.3) is 0 Å². The van der Waals surface area contributed by atoms with Gasteiger partial charge in [0.05, 0.1) is 5.02 Å². The van der Waals surface area contributed by atoms with E-state index in [-0.39, 0.29) is 17.4 Å². The summed E-state index contributed by atoms with van der Waals surface area (Å²) in [7, 11) is 0. The summed E-state index contributed by atoms with van der Waals surface area (Å²) in [6, 6.07) is 4.88. The smallest absolute Gasteiger partial charge is 0.303 e. The Kier molecular flexibility index (Phi) is 9.10. The van der Waals surface area contributed by atoms with Gasteiger partial charge in [-0.05, 0) is 35.0 Å². The molecule has 1 aliphatic rings. The van der Waals surface area contributed by atoms with E-state index in [1.807, 2.05) is 0 Å². The van der Waals surface area contributed by atoms with Crippen molar-refractivity contribution in [3.05, 3.63) is 27.7 Å². The van der Waals surface area contributed by atoms with Crippen LogP contribution in [0.5, 0.6) is 5.75 Å². The zero-order valence-corrected chi connectivity index (χ0v) is 20.9. The molecule has 2 rings (SSSR count). The average Bonchev–Trinajstić information content (AvgIpc) is 2.68. The predicted molar refractivity (Wildman–Crippen MR) is 116 cm³/mol. The van der Waals surface area contributed by atoms with Crippen molar-refractivity contribution in [1.29, 1.82) is 0 Å². The van der Waals surface area contributed by atoms with Gasteiger partial charge in [0, 0.05) is 32.2 Å². The van der Waals surface area contributed by atoms with Crippen molar-refractivity contribution in [3.8, 4) is 5.75 Å². The maximum absolute atomic E-state index is 12.0. The SMILES string of the molecule is CC(=O)OC[C@H]1O[C@H](Oc2cccc(Br)c2Cl)[C@@](C)(OC(C)=O)[C@@H](OC(C)=O)[C@@H]1OC(C)=O. The van der Waals surface area contributed by atoms with Crippen LogP contribution in [0.1, 0.15) is 34.6 Å². The van der Waals surface area contributed by atoms with Crippen LogP contribution >= 0.6 is 27.5 Å². The first-order valence-corrected chi connectivity index (χ1v) is 11.0. The quantitative estimate of drug-likeness (QED) is 0.369. The van der Waals surface area contributed by atoms with E-state index >= 15 is 0 Å². The van der Waals surface area contributed by atoms with Crippen molar-refractivity contribution in [3.63, 3.8) is 0 Å². The van der Waals surface area contributed by atoms with Gasteiger partial charge in [-0.1, -0.05) is 17.7 Å². The number of rotatable bonds is 7. The topological polar surface area (TPSA) is 124 Å². The lowest BCUT2D eigenvalue weighted by Crippen LogP contribution is -2.70. The van der Waals surface area contributed by atoms with Crippen LogP contribution in [-0.4, -0.2) is 60.7 Å². The lowest BCUT2D eigenvalue weighted by atomic mass is 9.87. The minimum absolute atomic E-state index is 0.160. The van der Waals surface area contributed by atoms with Crippen molar-refractivity contribution in [1.82, 2.24) is 0 Å². The maximum atomic E-state index is 12.0. The predicted octanol–water partition coefficient (Wildman–Crippen LogP) is 2.95. The van der Waals surface area contributed by atoms with Gasteiger partial charge in [-0.3, -0.25) is 19.2 Å². The summed E-state index contributed by atoms with van der Waals surface area (Å²) in [5.74, 6) is -2.68. The zero-order valence-electron chi connectivity index (χ0n) is 18.6. The Balaban J connectivity index is 2.59. The molecule has 12 heteroatoms. The first kappa shape index (κ1) is 26.9. The van der Waals surface area contributed by atoms with Crippen molar-refractivity contribution >= 4 is 51.4 Å². The molecule has 33 heavy (non-hydrogen) atoms. The molecular formula is C21H24BrClO10. The molecule has 1 heterocycles. The summed E-state index contributed by atoms with van der Waals surface area (Å²) < 4.78 is 33.8. The highest BCUT2D eigenvalue weighted by Crippen LogP contribution is 2.40. The molecule has 0 radical (unpaired) electrons. The van der Waals surface area contributed by atoms with Gasteiger partial charge < -0.3 is 28.4 Å². The molecule has 10 nitrogen and oxygen atoms in total. The van der Waals surface area contributed by atoms with Crippen molar-refractivity contribution in [2.24, 2.45) is 0 Å². The van der Waals surface area contributed by atoms with Crippen LogP contribution in [0.4, 0.5) is 0 Å². The Morgan fingerprint density at radius 1 is 1.03 bits per heavy atom. The van der Waals surface area contributed by atoms with E-state index in [4.69, 9.17) is 40.0 Å². The molecule has 1 aromatic carbocycles. The fourth-order valence-corrected chi connectivity index (χ4v) is 3.82. The molecule has 0 amide bonds. The van der Waals surface area contributed by atoms with E-state index in [0.717, 1.165) is 20.8 Å². The third kappa shape index (κ3) is 6.81. The Bertz CT molecular complexity index is 922. The van der Waals surface area contributed by atoms with Crippen LogP contribution in [0.2, 0.25) is 5.02 Å². The van der Waals surface area contributed by atoms with Crippen molar-refractivity contribution < 1.29 is 47.6 Å². The molecule has 5 atom stereocenters. The molecule has 1 fully saturated rings. The van der Waals surface area contributed by atoms with Crippen molar-refractivity contribution in [2.45, 2.75) is 64.8 Å². The molecule has 0 saturated carbocycles. The lowest BCUT2D eigenvalue weighted by molar-refractivity contribution is -0.321. The molecule has 1 aliphatic heterocycles. The summed E-state index contributed by atoms with van der Waals surface area (Å²) in [6.07, 6.45) is -5.23. The molecule has 0 unspecified atom stereocenters. The maximum Gasteiger partial charge on any atom is 0.303 e. The van der Waals surface area contributed by atoms with E-state index < -0.39 is 54.1 Å². The monoisotopic (exact) mass is 550 g/mol. The number of halogens is 2. The molecule has 1 saturated heterocycles. The van der Waals surface area contributed by atoms with Crippen molar-refractivity contribution in [2.75, 3.05) is 6.61 Å². The van der Waals surface area contributed by atoms with E-state index in [9.17, 15) is 19.2 Å². The summed E-state index contributed by atoms with van der Waals surface area (Å²) in [5.41, 5.74) is -1.80. The standard InChI is InChI=1S/C21H24BrClO10/c1-10(24)28-9-16-18(29-11(2)25)19(30-12(3)26)21(5,33-13(4)27)20(32-16)31-15-8-6-7-14(22)17(15)23/h6-8,16,18-20H,9H2,1-5H3/t16-,18-,19+,20+,21+/m1/s1. The fraction of sp³-hybridized carbons (Fsp3) is 0.524. The molecule has 0 bridgehead atoms. The van der Waals surface area contributed by atoms with Crippen LogP contribution in [0, 0.1) is 0 Å². The number of ether oxygens (including phenoxy) is 6. The number of carbonyl (C=O) groups is 4. The van der Waals surface area contributed by atoms with Gasteiger partial charge in [-0.15, -0.1) is 0 Å². The second kappa shape index (κ2) is 11.2. The lowest BCUT2D eigenvalue weighted by Gasteiger charge is -2.49. The highest BCUT2D eigenvalue weighted by Gasteiger charge is 2.61. The highest BCUT2D eigenvalue weighted by atomic mass is 79.9. The third-order valence-electron chi connectivity index (χ3n) is 4.56. The zero-order chi connectivity index (χ0) is 24.9. The van der Waals surface area contributed by atoms with Crippen LogP contribution in [-0.2, 0) is 42.9 Å². The number of carbonyl (C=O) groups excluding carboxylic acids is 4. The Hall–Kier alpha value is -2.37. The molecule has 0 aliphatic carbocycles. The molecule has 0 spiro atoms. The normalized spacial score (nSPS) is 26.6. The Morgan fingerprint density at radius 2 is 1.67 bits per heavy atom. The molecule has 0 aromatic heterocycles. The number of benzene rings is 1. The third-order valence-corrected chi connectivity index (χ3v) is 5.83. The van der Waals surface area contributed by atoms with Crippen LogP contribution in [0.3, 0.4) is 0 Å². The molecular weight excluding hydrogens is 528 g/mol. The summed E-state index contributed by atoms with van der Waals surface area (Å²) in [6.45, 7) is 5.64. The average molecular weight is 552 g/mol. The molecule has 1 aromatic rings. The highest BCUT2D eigenvalue weighted by molar-refractivity contribution is 9.10. The van der Waals surface area contributed by atoms with E-state index in [1.165, 1.54) is 13.8 Å². The first-order chi connectivity index (χ1) is 15.3. The van der Waals surface area contributed by atoms with E-state index in [1.54, 1.807) is 18.2 Å². The summed E-state index contributed by atoms with van der Waals surface area (Å²) in [4.78, 5) is 47.2. The largest absolute Gasteiger partial charge is 0.463 e. The first-order valence-electron chi connectivity index (χ1n) is 9.78. The second-order valence-electron chi connectivity index (χ2n) is 7.36. The summed E-state index contributed by atoms with van der Waals surface area (Å²) in [5, 5.41) is 0.203. The van der Waals surface area contributed by atoms with Crippen LogP contribution in [0.25, 0.3) is 0 Å². The van der Waals surface area contributed by atoms with E-state index in [0.29, 0.717) is 4.47 Å². The second-order valence-corrected chi connectivity index (χ2v) is 8.59. The minimum Gasteiger partial charge on any atom is -0.463 e. The summed E-state index contributed by atoms with van der Waals surface area (Å²) >= 11 is 9.60. The number of hydrogen-bond donors (Lipinski definition) is 0. The van der Waals surface area contributed by atoms with Gasteiger partial charge in [0.1, 0.15) is 18.5 Å². The van der Waals surface area contributed by atoms with Gasteiger partial charge >= 0.3 is 23.9 Å². The van der Waals surface area contributed by atoms with Crippen LogP contribution < -0.4 is 4.74 Å².